The Balaban J connectivity index is 1.45. The second-order valence-corrected chi connectivity index (χ2v) is 9.43. The van der Waals surface area contributed by atoms with Gasteiger partial charge in [-0.15, -0.1) is 5.10 Å². The van der Waals surface area contributed by atoms with Gasteiger partial charge in [0.25, 0.3) is 5.91 Å². The van der Waals surface area contributed by atoms with Gasteiger partial charge in [0, 0.05) is 39.9 Å². The van der Waals surface area contributed by atoms with Crippen molar-refractivity contribution in [1.29, 1.82) is 0 Å². The van der Waals surface area contributed by atoms with E-state index >= 15 is 0 Å². The number of ether oxygens (including phenoxy) is 1. The SMILES string of the molecule is COC(=O)Nc1ccc(C(=O)NC(Cc2ccccc2)c2ccc(-c3cc(Cl)ccc3-n3cnnn3)c[n+]2[O-])cc1. The van der Waals surface area contributed by atoms with Crippen molar-refractivity contribution in [2.24, 2.45) is 0 Å². The highest BCUT2D eigenvalue weighted by Gasteiger charge is 2.24. The molecule has 2 amide bonds. The molecule has 5 aromatic rings. The molecule has 41 heavy (non-hydrogen) atoms. The molecular formula is C29H24ClN7O4. The Kier molecular flexibility index (Phi) is 8.16. The molecule has 2 N–H and O–H groups in total. The van der Waals surface area contributed by atoms with Gasteiger partial charge in [-0.1, -0.05) is 41.9 Å². The number of nitrogens with zero attached hydrogens (tertiary/aromatic N) is 5. The molecule has 206 valence electrons. The van der Waals surface area contributed by atoms with Crippen molar-refractivity contribution in [1.82, 2.24) is 25.5 Å². The predicted molar refractivity (Wildman–Crippen MR) is 151 cm³/mol. The van der Waals surface area contributed by atoms with Gasteiger partial charge in [0.1, 0.15) is 12.4 Å². The normalized spacial score (nSPS) is 11.5. The third-order valence-electron chi connectivity index (χ3n) is 6.33. The number of hydrogen-bond acceptors (Lipinski definition) is 7. The number of carbonyl (C=O) groups excluding carboxylic acids is 2. The van der Waals surface area contributed by atoms with Crippen LogP contribution in [0, 0.1) is 5.21 Å². The van der Waals surface area contributed by atoms with Crippen LogP contribution in [0.1, 0.15) is 27.7 Å². The molecule has 0 saturated carbocycles. The summed E-state index contributed by atoms with van der Waals surface area (Å²) in [6, 6.07) is 23.9. The van der Waals surface area contributed by atoms with Crippen molar-refractivity contribution < 1.29 is 19.1 Å². The molecule has 2 aromatic heterocycles. The minimum absolute atomic E-state index is 0.348. The Hall–Kier alpha value is -5.29. The highest BCUT2D eigenvalue weighted by Crippen LogP contribution is 2.29. The van der Waals surface area contributed by atoms with E-state index in [1.165, 1.54) is 24.3 Å². The molecule has 0 fully saturated rings. The lowest BCUT2D eigenvalue weighted by molar-refractivity contribution is -0.615. The third-order valence-corrected chi connectivity index (χ3v) is 6.57. The molecule has 0 aliphatic rings. The van der Waals surface area contributed by atoms with Crippen LogP contribution in [0.2, 0.25) is 5.02 Å². The molecule has 0 saturated heterocycles. The van der Waals surface area contributed by atoms with Crippen molar-refractivity contribution in [2.45, 2.75) is 12.5 Å². The standard InChI is InChI=1S/C29H24ClN7O4/c1-41-29(39)32-23-11-7-20(8-12-23)28(38)33-25(15-19-5-3-2-4-6-19)27-13-9-21(17-37(27)40)24-16-22(30)10-14-26(24)36-18-31-34-35-36/h2-14,16-18,25H,15H2,1H3,(H,32,39)(H,33,38). The van der Waals surface area contributed by atoms with Gasteiger partial charge in [-0.25, -0.2) is 4.79 Å². The summed E-state index contributed by atoms with van der Waals surface area (Å²) in [6.45, 7) is 0. The molecule has 11 nitrogen and oxygen atoms in total. The number of aromatic nitrogens is 5. The van der Waals surface area contributed by atoms with E-state index in [2.05, 4.69) is 30.9 Å². The van der Waals surface area contributed by atoms with Gasteiger partial charge >= 0.3 is 6.09 Å². The summed E-state index contributed by atoms with van der Waals surface area (Å²) in [7, 11) is 1.27. The van der Waals surface area contributed by atoms with Crippen molar-refractivity contribution in [2.75, 3.05) is 12.4 Å². The van der Waals surface area contributed by atoms with Gasteiger partial charge in [-0.2, -0.15) is 9.41 Å². The summed E-state index contributed by atoms with van der Waals surface area (Å²) < 4.78 is 6.82. The molecule has 0 radical (unpaired) electrons. The summed E-state index contributed by atoms with van der Waals surface area (Å²) >= 11 is 6.28. The van der Waals surface area contributed by atoms with Crippen LogP contribution in [0.25, 0.3) is 16.8 Å². The third kappa shape index (κ3) is 6.48. The largest absolute Gasteiger partial charge is 0.618 e. The average Bonchev–Trinajstić information content (AvgIpc) is 3.52. The zero-order chi connectivity index (χ0) is 28.8. The number of amides is 2. The fourth-order valence-electron chi connectivity index (χ4n) is 4.33. The lowest BCUT2D eigenvalue weighted by Gasteiger charge is -2.19. The number of pyridine rings is 1. The van der Waals surface area contributed by atoms with Gasteiger partial charge in [-0.05, 0) is 64.5 Å². The molecule has 1 atom stereocenters. The highest BCUT2D eigenvalue weighted by molar-refractivity contribution is 6.31. The first kappa shape index (κ1) is 27.3. The van der Waals surface area contributed by atoms with Crippen molar-refractivity contribution in [3.05, 3.63) is 125 Å². The number of nitrogens with one attached hydrogen (secondary N) is 2. The van der Waals surface area contributed by atoms with Gasteiger partial charge in [0.15, 0.2) is 6.20 Å². The number of methoxy groups -OCH3 is 1. The number of halogens is 1. The Morgan fingerprint density at radius 3 is 2.51 bits per heavy atom. The molecule has 2 heterocycles. The number of hydrogen-bond donors (Lipinski definition) is 2. The Labute approximate surface area is 239 Å². The quantitative estimate of drug-likeness (QED) is 0.207. The monoisotopic (exact) mass is 569 g/mol. The fourth-order valence-corrected chi connectivity index (χ4v) is 4.50. The number of tetrazole rings is 1. The van der Waals surface area contributed by atoms with Gasteiger partial charge in [-0.3, -0.25) is 10.1 Å². The van der Waals surface area contributed by atoms with E-state index in [4.69, 9.17) is 11.6 Å². The minimum Gasteiger partial charge on any atom is -0.618 e. The number of benzene rings is 3. The summed E-state index contributed by atoms with van der Waals surface area (Å²) in [4.78, 5) is 24.7. The predicted octanol–water partition coefficient (Wildman–Crippen LogP) is 4.51. The van der Waals surface area contributed by atoms with Crippen LogP contribution in [0.3, 0.4) is 0 Å². The Morgan fingerprint density at radius 2 is 1.83 bits per heavy atom. The molecule has 12 heteroatoms. The van der Waals surface area contributed by atoms with E-state index in [9.17, 15) is 14.8 Å². The molecule has 5 rings (SSSR count). The maximum atomic E-state index is 13.5. The summed E-state index contributed by atoms with van der Waals surface area (Å²) in [5.41, 5.74) is 4.02. The van der Waals surface area contributed by atoms with Crippen molar-refractivity contribution in [3.8, 4) is 16.8 Å². The molecule has 1 unspecified atom stereocenters. The molecular weight excluding hydrogens is 546 g/mol. The zero-order valence-electron chi connectivity index (χ0n) is 21.8. The van der Waals surface area contributed by atoms with Crippen molar-refractivity contribution >= 4 is 29.3 Å². The van der Waals surface area contributed by atoms with Crippen LogP contribution in [-0.4, -0.2) is 39.3 Å². The van der Waals surface area contributed by atoms with Gasteiger partial charge in [0.2, 0.25) is 5.69 Å². The van der Waals surface area contributed by atoms with Crippen LogP contribution in [0.4, 0.5) is 10.5 Å². The smallest absolute Gasteiger partial charge is 0.411 e. The van der Waals surface area contributed by atoms with E-state index in [0.29, 0.717) is 45.2 Å². The van der Waals surface area contributed by atoms with E-state index in [1.807, 2.05) is 30.3 Å². The van der Waals surface area contributed by atoms with E-state index in [1.54, 1.807) is 54.6 Å². The number of rotatable bonds is 8. The molecule has 3 aromatic carbocycles. The minimum atomic E-state index is -0.650. The summed E-state index contributed by atoms with van der Waals surface area (Å²) in [5, 5.41) is 30.8. The summed E-state index contributed by atoms with van der Waals surface area (Å²) in [5.74, 6) is -0.379. The topological polar surface area (TPSA) is 138 Å². The second kappa shape index (κ2) is 12.3. The van der Waals surface area contributed by atoms with Crippen molar-refractivity contribution in [3.63, 3.8) is 0 Å². The second-order valence-electron chi connectivity index (χ2n) is 8.99. The first-order valence-electron chi connectivity index (χ1n) is 12.5. The van der Waals surface area contributed by atoms with Gasteiger partial charge < -0.3 is 15.3 Å². The lowest BCUT2D eigenvalue weighted by atomic mass is 10.00. The molecule has 0 bridgehead atoms. The maximum absolute atomic E-state index is 13.5. The first-order valence-corrected chi connectivity index (χ1v) is 12.9. The lowest BCUT2D eigenvalue weighted by Crippen LogP contribution is -2.40. The fraction of sp³-hybridized carbons (Fsp3) is 0.103. The van der Waals surface area contributed by atoms with Crippen LogP contribution in [0.15, 0.2) is 97.5 Å². The van der Waals surface area contributed by atoms with E-state index < -0.39 is 12.1 Å². The van der Waals surface area contributed by atoms with E-state index in [-0.39, 0.29) is 5.91 Å². The molecule has 0 spiro atoms. The van der Waals surface area contributed by atoms with Gasteiger partial charge in [0.05, 0.1) is 12.8 Å². The summed E-state index contributed by atoms with van der Waals surface area (Å²) in [6.07, 6.45) is 2.65. The molecule has 0 aliphatic carbocycles. The maximum Gasteiger partial charge on any atom is 0.411 e. The zero-order valence-corrected chi connectivity index (χ0v) is 22.5. The highest BCUT2D eigenvalue weighted by atomic mass is 35.5. The molecule has 0 aliphatic heterocycles. The average molecular weight is 570 g/mol. The number of carbonyl (C=O) groups is 2. The van der Waals surface area contributed by atoms with Crippen LogP contribution in [0.5, 0.6) is 0 Å². The van der Waals surface area contributed by atoms with Crippen LogP contribution >= 0.6 is 11.6 Å². The van der Waals surface area contributed by atoms with Crippen LogP contribution < -0.4 is 15.4 Å². The first-order chi connectivity index (χ1) is 19.9. The van der Waals surface area contributed by atoms with Crippen LogP contribution in [-0.2, 0) is 11.2 Å². The van der Waals surface area contributed by atoms with E-state index in [0.717, 1.165) is 10.3 Å². The Morgan fingerprint density at radius 1 is 1.05 bits per heavy atom. The number of anilines is 1. The Bertz CT molecular complexity index is 1660.